The van der Waals surface area contributed by atoms with Crippen molar-refractivity contribution in [3.8, 4) is 17.1 Å². The lowest BCUT2D eigenvalue weighted by molar-refractivity contribution is -0.119. The molecule has 3 aromatic rings. The van der Waals surface area contributed by atoms with E-state index < -0.39 is 42.9 Å². The highest BCUT2D eigenvalue weighted by Gasteiger charge is 2.61. The Kier molecular flexibility index (Phi) is 5.86. The van der Waals surface area contributed by atoms with Crippen LogP contribution in [0.2, 0.25) is 0 Å². The Hall–Kier alpha value is -3.81. The molecule has 1 aliphatic rings. The van der Waals surface area contributed by atoms with E-state index in [-0.39, 0.29) is 36.4 Å². The molecular weight excluding hydrogens is 472 g/mol. The van der Waals surface area contributed by atoms with Crippen molar-refractivity contribution in [3.05, 3.63) is 36.3 Å². The summed E-state index contributed by atoms with van der Waals surface area (Å²) in [6.45, 7) is 0. The van der Waals surface area contributed by atoms with Crippen molar-refractivity contribution in [1.82, 2.24) is 25.0 Å². The van der Waals surface area contributed by atoms with Crippen LogP contribution < -0.4 is 15.4 Å². The highest BCUT2D eigenvalue weighted by atomic mass is 32.1. The van der Waals surface area contributed by atoms with Crippen molar-refractivity contribution in [1.29, 1.82) is 0 Å². The summed E-state index contributed by atoms with van der Waals surface area (Å²) in [6.07, 6.45) is 0.898. The Morgan fingerprint density at radius 1 is 1.29 bits per heavy atom. The van der Waals surface area contributed by atoms with Gasteiger partial charge in [0.15, 0.2) is 23.1 Å². The van der Waals surface area contributed by atoms with E-state index in [1.807, 2.05) is 0 Å². The van der Waals surface area contributed by atoms with Crippen LogP contribution in [0.1, 0.15) is 21.0 Å². The summed E-state index contributed by atoms with van der Waals surface area (Å²) in [4.78, 5) is 28.8. The summed E-state index contributed by atoms with van der Waals surface area (Å²) in [5.41, 5.74) is 0.0939. The van der Waals surface area contributed by atoms with E-state index in [2.05, 4.69) is 35.7 Å². The number of amides is 1. The number of esters is 1. The van der Waals surface area contributed by atoms with Crippen LogP contribution in [0, 0.1) is 5.92 Å². The molecule has 1 saturated carbocycles. The van der Waals surface area contributed by atoms with E-state index in [0.29, 0.717) is 11.4 Å². The molecule has 0 unspecified atom stereocenters. The predicted molar refractivity (Wildman–Crippen MR) is 122 cm³/mol. The number of methoxy groups -OCH3 is 2. The zero-order valence-electron chi connectivity index (χ0n) is 20.8. The topological polar surface area (TPSA) is 133 Å². The van der Waals surface area contributed by atoms with Gasteiger partial charge in [0.25, 0.3) is 5.92 Å². The van der Waals surface area contributed by atoms with Gasteiger partial charge in [-0.05, 0) is 12.1 Å². The number of aryl methyl sites for hydroxylation is 1. The minimum absolute atomic E-state index is 0. The minimum atomic E-state index is -3.10. The number of anilines is 3. The molecule has 2 N–H and O–H groups in total. The van der Waals surface area contributed by atoms with E-state index in [1.54, 1.807) is 25.2 Å². The maximum atomic E-state index is 13.3. The Labute approximate surface area is 203 Å². The van der Waals surface area contributed by atoms with Gasteiger partial charge >= 0.3 is 5.97 Å². The van der Waals surface area contributed by atoms with Gasteiger partial charge in [0.05, 0.1) is 35.2 Å². The molecule has 1 aromatic carbocycles. The fourth-order valence-corrected chi connectivity index (χ4v) is 3.10. The van der Waals surface area contributed by atoms with Crippen LogP contribution in [0.25, 0.3) is 11.4 Å². The number of carbonyl (C=O) groups is 2. The third-order valence-corrected chi connectivity index (χ3v) is 4.80. The van der Waals surface area contributed by atoms with Gasteiger partial charge in [-0.2, -0.15) is 18.6 Å². The molecule has 1 amide bonds. The maximum Gasteiger partial charge on any atom is 0.360 e. The number of hydrogen-bond acceptors (Lipinski definition) is 9. The lowest BCUT2D eigenvalue weighted by atomic mass is 10.1. The van der Waals surface area contributed by atoms with Crippen molar-refractivity contribution in [2.45, 2.75) is 12.3 Å². The number of halogens is 2. The fraction of sp³-hybridized carbons (Fsp3) is 0.300. The monoisotopic (exact) mass is 496 g/mol. The van der Waals surface area contributed by atoms with Crippen LogP contribution in [0.5, 0.6) is 5.75 Å². The summed E-state index contributed by atoms with van der Waals surface area (Å²) in [5, 5.41) is 16.6. The number of alkyl halides is 2. The summed E-state index contributed by atoms with van der Waals surface area (Å²) in [5.74, 6) is -6.56. The first-order valence-corrected chi connectivity index (χ1v) is 9.48. The normalized spacial score (nSPS) is 17.3. The molecule has 1 fully saturated rings. The van der Waals surface area contributed by atoms with Crippen LogP contribution in [0.4, 0.5) is 26.0 Å². The van der Waals surface area contributed by atoms with Gasteiger partial charge in [0, 0.05) is 19.5 Å². The number of aromatic nitrogens is 5. The van der Waals surface area contributed by atoms with Crippen molar-refractivity contribution in [2.75, 3.05) is 24.8 Å². The van der Waals surface area contributed by atoms with Crippen molar-refractivity contribution in [2.24, 2.45) is 13.0 Å². The van der Waals surface area contributed by atoms with Crippen LogP contribution in [-0.2, 0) is 16.6 Å². The Morgan fingerprint density at radius 2 is 2.06 bits per heavy atom. The zero-order chi connectivity index (χ0) is 26.3. The summed E-state index contributed by atoms with van der Waals surface area (Å²) < 4.78 is 59.5. The van der Waals surface area contributed by atoms with Crippen LogP contribution in [0.3, 0.4) is 0 Å². The first-order chi connectivity index (χ1) is 16.9. The first kappa shape index (κ1) is 20.8. The van der Waals surface area contributed by atoms with E-state index >= 15 is 0 Å². The molecule has 180 valence electrons. The van der Waals surface area contributed by atoms with Crippen LogP contribution >= 0.6 is 13.5 Å². The average molecular weight is 497 g/mol. The molecule has 14 heteroatoms. The van der Waals surface area contributed by atoms with E-state index in [9.17, 15) is 18.4 Å². The van der Waals surface area contributed by atoms with Gasteiger partial charge in [0.1, 0.15) is 12.2 Å². The van der Waals surface area contributed by atoms with Crippen molar-refractivity contribution >= 4 is 42.6 Å². The Morgan fingerprint density at radius 3 is 2.68 bits per heavy atom. The molecule has 11 nitrogen and oxygen atoms in total. The van der Waals surface area contributed by atoms with Crippen LogP contribution in [-0.4, -0.2) is 56.9 Å². The molecule has 1 aliphatic carbocycles. The number of ether oxygens (including phenoxy) is 2. The molecule has 0 spiro atoms. The number of nitrogens with one attached hydrogen (secondary N) is 2. The van der Waals surface area contributed by atoms with Gasteiger partial charge in [-0.3, -0.25) is 9.48 Å². The molecular formula is C20H21F2N7O4S. The molecule has 2 aromatic heterocycles. The van der Waals surface area contributed by atoms with E-state index in [4.69, 9.17) is 8.85 Å². The van der Waals surface area contributed by atoms with E-state index in [1.165, 1.54) is 18.1 Å². The predicted octanol–water partition coefficient (Wildman–Crippen LogP) is 2.52. The molecule has 0 radical (unpaired) electrons. The molecule has 4 rings (SSSR count). The molecule has 2 heterocycles. The number of para-hydroxylation sites is 1. The van der Waals surface area contributed by atoms with E-state index in [0.717, 1.165) is 6.07 Å². The fourth-order valence-electron chi connectivity index (χ4n) is 3.10. The van der Waals surface area contributed by atoms with Crippen molar-refractivity contribution < 1.29 is 32.0 Å². The third kappa shape index (κ3) is 4.90. The second-order valence-corrected chi connectivity index (χ2v) is 7.14. The molecule has 34 heavy (non-hydrogen) atoms. The quantitative estimate of drug-likeness (QED) is 0.473. The maximum absolute atomic E-state index is 13.3. The molecule has 0 bridgehead atoms. The van der Waals surface area contributed by atoms with Gasteiger partial charge in [0.2, 0.25) is 5.91 Å². The van der Waals surface area contributed by atoms with Gasteiger partial charge in [-0.15, -0.1) is 10.2 Å². The highest BCUT2D eigenvalue weighted by molar-refractivity contribution is 7.59. The number of hydrogen-bond donors (Lipinski definition) is 2. The molecule has 1 atom stereocenters. The number of benzene rings is 1. The lowest BCUT2D eigenvalue weighted by Crippen LogP contribution is -2.19. The Bertz CT molecular complexity index is 1340. The molecule has 0 aliphatic heterocycles. The van der Waals surface area contributed by atoms with Crippen molar-refractivity contribution in [3.63, 3.8) is 0 Å². The summed E-state index contributed by atoms with van der Waals surface area (Å²) >= 11 is 0. The molecule has 0 saturated heterocycles. The first-order valence-electron chi connectivity index (χ1n) is 11.0. The standard InChI is InChI=1S/C20H19F2N7O4.H2S/c1-29-9-23-17(28-29)10-5-4-6-12(16(10)32-2)24-13-7-14(26-27-15(13)19(31)33-3)25-18(30)11-8-20(11,21)22;/h4-7,9,11H,8H2,1-3H3,(H2,24,25,26,30);1H2/t11-;/m0./s1/i3D3;. The summed E-state index contributed by atoms with van der Waals surface area (Å²) in [7, 11) is 0.00954. The largest absolute Gasteiger partial charge is 0.494 e. The average Bonchev–Trinajstić information content (AvgIpc) is 3.21. The zero-order valence-corrected chi connectivity index (χ0v) is 18.8. The van der Waals surface area contributed by atoms with Crippen LogP contribution in [0.15, 0.2) is 30.6 Å². The summed E-state index contributed by atoms with van der Waals surface area (Å²) in [6, 6.07) is 6.04. The second-order valence-electron chi connectivity index (χ2n) is 7.14. The SMILES string of the molecule is S.[2H]C([2H])([2H])OC(=O)c1nnc(NC(=O)[C@@H]2CC2(F)F)cc1Nc1cccc(-c2ncn(C)n2)c1OC. The van der Waals surface area contributed by atoms with Gasteiger partial charge < -0.3 is 20.1 Å². The minimum Gasteiger partial charge on any atom is -0.494 e. The van der Waals surface area contributed by atoms with Gasteiger partial charge in [-0.1, -0.05) is 6.07 Å². The number of carbonyl (C=O) groups excluding carboxylic acids is 2. The number of rotatable bonds is 7. The van der Waals surface area contributed by atoms with Gasteiger partial charge in [-0.25, -0.2) is 18.6 Å². The highest BCUT2D eigenvalue weighted by Crippen LogP contribution is 2.49. The second kappa shape index (κ2) is 9.59. The lowest BCUT2D eigenvalue weighted by Gasteiger charge is -2.16. The smallest absolute Gasteiger partial charge is 0.360 e. The Balaban J connectivity index is 0.00000380. The number of nitrogens with zero attached hydrogens (tertiary/aromatic N) is 5. The third-order valence-electron chi connectivity index (χ3n) is 4.80.